The number of ether oxygens (including phenoxy) is 1. The molecule has 1 unspecified atom stereocenters. The average Bonchev–Trinajstić information content (AvgIpc) is 3.31. The van der Waals surface area contributed by atoms with Crippen molar-refractivity contribution in [1.29, 1.82) is 0 Å². The van der Waals surface area contributed by atoms with E-state index in [-0.39, 0.29) is 12.0 Å². The van der Waals surface area contributed by atoms with E-state index in [4.69, 9.17) is 14.9 Å². The smallest absolute Gasteiger partial charge is 0.287 e. The molecule has 1 aliphatic carbocycles. The van der Waals surface area contributed by atoms with Gasteiger partial charge in [-0.2, -0.15) is 5.10 Å². The molecule has 0 spiro atoms. The number of furan rings is 1. The molecule has 1 saturated heterocycles. The predicted molar refractivity (Wildman–Crippen MR) is 92.4 cm³/mol. The van der Waals surface area contributed by atoms with Gasteiger partial charge in [-0.1, -0.05) is 0 Å². The number of hydrogen-bond acceptors (Lipinski definition) is 5. The lowest BCUT2D eigenvalue weighted by Gasteiger charge is -2.10. The van der Waals surface area contributed by atoms with Crippen LogP contribution in [-0.2, 0) is 24.1 Å². The summed E-state index contributed by atoms with van der Waals surface area (Å²) in [5.74, 6) is 1.07. The van der Waals surface area contributed by atoms with Crippen molar-refractivity contribution in [2.24, 2.45) is 5.73 Å². The number of amides is 1. The van der Waals surface area contributed by atoms with Crippen molar-refractivity contribution in [1.82, 2.24) is 15.1 Å². The summed E-state index contributed by atoms with van der Waals surface area (Å²) in [4.78, 5) is 12.6. The first kappa shape index (κ1) is 16.4. The number of hydrogen-bond donors (Lipinski definition) is 2. The first-order valence-corrected chi connectivity index (χ1v) is 8.96. The monoisotopic (exact) mass is 344 g/mol. The molecule has 3 heterocycles. The van der Waals surface area contributed by atoms with Gasteiger partial charge in [-0.05, 0) is 31.7 Å². The number of aromatic nitrogens is 2. The Balaban J connectivity index is 1.57. The van der Waals surface area contributed by atoms with Crippen molar-refractivity contribution in [3.05, 3.63) is 28.8 Å². The normalized spacial score (nSPS) is 18.9. The van der Waals surface area contributed by atoms with E-state index >= 15 is 0 Å². The van der Waals surface area contributed by atoms with Crippen LogP contribution in [0.1, 0.15) is 40.3 Å². The number of carbonyl (C=O) groups excluding carboxylic acids is 1. The molecule has 0 bridgehead atoms. The number of nitrogens with one attached hydrogen (secondary N) is 1. The molecular weight excluding hydrogens is 320 g/mol. The molecule has 0 saturated carbocycles. The van der Waals surface area contributed by atoms with Gasteiger partial charge in [-0.3, -0.25) is 9.48 Å². The summed E-state index contributed by atoms with van der Waals surface area (Å²) < 4.78 is 13.3. The van der Waals surface area contributed by atoms with Gasteiger partial charge in [-0.15, -0.1) is 0 Å². The van der Waals surface area contributed by atoms with Gasteiger partial charge in [0.2, 0.25) is 0 Å². The fourth-order valence-corrected chi connectivity index (χ4v) is 3.72. The van der Waals surface area contributed by atoms with Crippen molar-refractivity contribution >= 4 is 5.91 Å². The molecule has 3 N–H and O–H groups in total. The van der Waals surface area contributed by atoms with Gasteiger partial charge in [0.1, 0.15) is 5.76 Å². The van der Waals surface area contributed by atoms with Crippen LogP contribution in [0.3, 0.4) is 0 Å². The Morgan fingerprint density at radius 2 is 2.36 bits per heavy atom. The quantitative estimate of drug-likeness (QED) is 0.855. The molecule has 2 aromatic heterocycles. The van der Waals surface area contributed by atoms with E-state index in [9.17, 15) is 4.79 Å². The molecule has 2 aromatic rings. The second-order valence-electron chi connectivity index (χ2n) is 6.75. The van der Waals surface area contributed by atoms with E-state index < -0.39 is 0 Å². The lowest BCUT2D eigenvalue weighted by Crippen LogP contribution is -2.31. The molecule has 25 heavy (non-hydrogen) atoms. The summed E-state index contributed by atoms with van der Waals surface area (Å²) in [5, 5.41) is 7.59. The summed E-state index contributed by atoms with van der Waals surface area (Å²) >= 11 is 0. The van der Waals surface area contributed by atoms with Gasteiger partial charge in [-0.25, -0.2) is 0 Å². The topological polar surface area (TPSA) is 95.3 Å². The number of carbonyl (C=O) groups is 1. The molecule has 7 nitrogen and oxygen atoms in total. The number of rotatable bonds is 5. The van der Waals surface area contributed by atoms with E-state index in [2.05, 4.69) is 16.6 Å². The van der Waals surface area contributed by atoms with Gasteiger partial charge in [0.25, 0.3) is 5.91 Å². The average molecular weight is 344 g/mol. The number of aryl methyl sites for hydroxylation is 2. The highest BCUT2D eigenvalue weighted by molar-refractivity contribution is 5.95. The second-order valence-corrected chi connectivity index (χ2v) is 6.75. The van der Waals surface area contributed by atoms with Crippen LogP contribution in [0, 0.1) is 6.92 Å². The molecule has 0 aromatic carbocycles. The highest BCUT2D eigenvalue weighted by atomic mass is 16.5. The number of nitrogens with zero attached hydrogens (tertiary/aromatic N) is 2. The Hall–Kier alpha value is -2.12. The first-order chi connectivity index (χ1) is 12.2. The third-order valence-electron chi connectivity index (χ3n) is 4.99. The zero-order valence-corrected chi connectivity index (χ0v) is 14.5. The second kappa shape index (κ2) is 6.65. The van der Waals surface area contributed by atoms with Crippen LogP contribution in [-0.4, -0.2) is 41.5 Å². The lowest BCUT2D eigenvalue weighted by molar-refractivity contribution is 0.0833. The van der Waals surface area contributed by atoms with E-state index in [0.717, 1.165) is 54.9 Å². The summed E-state index contributed by atoms with van der Waals surface area (Å²) in [6.45, 7) is 4.48. The van der Waals surface area contributed by atoms with Crippen LogP contribution in [0.5, 0.6) is 0 Å². The van der Waals surface area contributed by atoms with Gasteiger partial charge in [0.15, 0.2) is 5.76 Å². The van der Waals surface area contributed by atoms with E-state index in [1.165, 1.54) is 5.56 Å². The minimum Gasteiger partial charge on any atom is -0.455 e. The van der Waals surface area contributed by atoms with Crippen molar-refractivity contribution in [3.63, 3.8) is 0 Å². The van der Waals surface area contributed by atoms with Crippen LogP contribution in [0.15, 0.2) is 10.6 Å². The first-order valence-electron chi connectivity index (χ1n) is 8.96. The van der Waals surface area contributed by atoms with Crippen molar-refractivity contribution in [2.75, 3.05) is 19.7 Å². The van der Waals surface area contributed by atoms with Crippen molar-refractivity contribution in [3.8, 4) is 11.3 Å². The molecule has 1 aliphatic heterocycles. The predicted octanol–water partition coefficient (Wildman–Crippen LogP) is 1.42. The van der Waals surface area contributed by atoms with Crippen LogP contribution in [0.2, 0.25) is 0 Å². The minimum absolute atomic E-state index is 0.118. The summed E-state index contributed by atoms with van der Waals surface area (Å²) in [5.41, 5.74) is 9.58. The van der Waals surface area contributed by atoms with E-state index in [1.54, 1.807) is 0 Å². The molecule has 2 aliphatic rings. The minimum atomic E-state index is -0.176. The van der Waals surface area contributed by atoms with Gasteiger partial charge < -0.3 is 20.2 Å². The number of nitrogens with two attached hydrogens (primary N) is 1. The Kier molecular flexibility index (Phi) is 4.35. The molecular formula is C18H24N4O3. The van der Waals surface area contributed by atoms with Crippen molar-refractivity contribution in [2.45, 2.75) is 45.3 Å². The molecule has 1 fully saturated rings. The maximum absolute atomic E-state index is 12.6. The van der Waals surface area contributed by atoms with Crippen LogP contribution < -0.4 is 11.1 Å². The molecule has 1 atom stereocenters. The standard InChI is InChI=1S/C18H24N4O3/c1-11-15-14(5-4-12-10-22(7-6-19)21-16(12)15)25-17(11)18(23)20-9-13-3-2-8-24-13/h10,13H,2-9,19H2,1H3,(H,20,23). The zero-order chi connectivity index (χ0) is 17.4. The molecule has 1 amide bonds. The summed E-state index contributed by atoms with van der Waals surface area (Å²) in [6.07, 6.45) is 5.88. The van der Waals surface area contributed by atoms with Gasteiger partial charge in [0.05, 0.1) is 18.3 Å². The van der Waals surface area contributed by atoms with E-state index in [1.807, 2.05) is 11.6 Å². The highest BCUT2D eigenvalue weighted by Gasteiger charge is 2.30. The van der Waals surface area contributed by atoms with Crippen LogP contribution in [0.25, 0.3) is 11.3 Å². The van der Waals surface area contributed by atoms with Crippen molar-refractivity contribution < 1.29 is 13.9 Å². The molecule has 7 heteroatoms. The van der Waals surface area contributed by atoms with Crippen LogP contribution >= 0.6 is 0 Å². The summed E-state index contributed by atoms with van der Waals surface area (Å²) in [6, 6.07) is 0. The van der Waals surface area contributed by atoms with E-state index in [0.29, 0.717) is 25.4 Å². The molecule has 0 radical (unpaired) electrons. The van der Waals surface area contributed by atoms with Gasteiger partial charge in [0, 0.05) is 43.4 Å². The zero-order valence-electron chi connectivity index (χ0n) is 14.5. The molecule has 134 valence electrons. The Morgan fingerprint density at radius 1 is 1.48 bits per heavy atom. The molecule has 4 rings (SSSR count). The maximum Gasteiger partial charge on any atom is 0.287 e. The number of fused-ring (bicyclic) bond motifs is 3. The SMILES string of the molecule is Cc1c(C(=O)NCC2CCCO2)oc2c1-c1nn(CCN)cc1CC2. The van der Waals surface area contributed by atoms with Gasteiger partial charge >= 0.3 is 0 Å². The third-order valence-corrected chi connectivity index (χ3v) is 4.99. The fraction of sp³-hybridized carbons (Fsp3) is 0.556. The highest BCUT2D eigenvalue weighted by Crippen LogP contribution is 2.38. The Morgan fingerprint density at radius 3 is 3.12 bits per heavy atom. The largest absolute Gasteiger partial charge is 0.455 e. The Labute approximate surface area is 146 Å². The van der Waals surface area contributed by atoms with Crippen LogP contribution in [0.4, 0.5) is 0 Å². The third kappa shape index (κ3) is 2.98. The maximum atomic E-state index is 12.6. The Bertz CT molecular complexity index is 787. The lowest BCUT2D eigenvalue weighted by atomic mass is 9.93. The summed E-state index contributed by atoms with van der Waals surface area (Å²) in [7, 11) is 0. The fourth-order valence-electron chi connectivity index (χ4n) is 3.72.